The molecule has 2 aliphatic heterocycles. The molecule has 8 nitrogen and oxygen atoms in total. The van der Waals surface area contributed by atoms with Crippen LogP contribution in [0.15, 0.2) is 48.5 Å². The van der Waals surface area contributed by atoms with Crippen molar-refractivity contribution in [2.75, 3.05) is 26.2 Å². The summed E-state index contributed by atoms with van der Waals surface area (Å²) in [7, 11) is 0. The Kier molecular flexibility index (Phi) is 5.63. The van der Waals surface area contributed by atoms with Crippen molar-refractivity contribution in [1.82, 2.24) is 24.8 Å². The Morgan fingerprint density at radius 3 is 2.39 bits per heavy atom. The number of piperazine rings is 1. The van der Waals surface area contributed by atoms with Crippen LogP contribution in [0.3, 0.4) is 0 Å². The Labute approximate surface area is 190 Å². The molecule has 1 saturated heterocycles. The van der Waals surface area contributed by atoms with Crippen LogP contribution in [-0.2, 0) is 17.9 Å². The molecule has 33 heavy (non-hydrogen) atoms. The quantitative estimate of drug-likeness (QED) is 0.614. The molecule has 0 unspecified atom stereocenters. The molecule has 2 aromatic carbocycles. The Hall–Kier alpha value is -3.59. The molecule has 5 rings (SSSR count). The monoisotopic (exact) mass is 449 g/mol. The summed E-state index contributed by atoms with van der Waals surface area (Å²) in [6.07, 6.45) is -0.135. The van der Waals surface area contributed by atoms with Gasteiger partial charge in [0.1, 0.15) is 11.9 Å². The molecule has 2 aliphatic rings. The highest BCUT2D eigenvalue weighted by atomic mass is 19.1. The molecular weight excluding hydrogens is 425 g/mol. The number of halogens is 1. The van der Waals surface area contributed by atoms with E-state index in [4.69, 9.17) is 4.74 Å². The first-order valence-corrected chi connectivity index (χ1v) is 10.9. The van der Waals surface area contributed by atoms with Crippen LogP contribution in [0.4, 0.5) is 4.39 Å². The lowest BCUT2D eigenvalue weighted by molar-refractivity contribution is -0.00202. The predicted octanol–water partition coefficient (Wildman–Crippen LogP) is 2.60. The fourth-order valence-corrected chi connectivity index (χ4v) is 4.22. The van der Waals surface area contributed by atoms with Gasteiger partial charge >= 0.3 is 0 Å². The third-order valence-corrected chi connectivity index (χ3v) is 6.24. The van der Waals surface area contributed by atoms with Crippen LogP contribution in [0, 0.1) is 12.7 Å². The summed E-state index contributed by atoms with van der Waals surface area (Å²) in [6.45, 7) is 3.90. The van der Waals surface area contributed by atoms with Gasteiger partial charge in [0.25, 0.3) is 11.8 Å². The van der Waals surface area contributed by atoms with E-state index in [-0.39, 0.29) is 24.5 Å². The van der Waals surface area contributed by atoms with E-state index in [9.17, 15) is 14.0 Å². The van der Waals surface area contributed by atoms with E-state index < -0.39 is 5.82 Å². The lowest BCUT2D eigenvalue weighted by Crippen LogP contribution is -2.50. The lowest BCUT2D eigenvalue weighted by Gasteiger charge is -2.34. The first-order valence-electron chi connectivity index (χ1n) is 10.9. The van der Waals surface area contributed by atoms with Crippen LogP contribution in [-0.4, -0.2) is 62.8 Å². The van der Waals surface area contributed by atoms with Gasteiger partial charge in [0.2, 0.25) is 0 Å². The number of ether oxygens (including phenoxy) is 1. The molecule has 0 bridgehead atoms. The maximum absolute atomic E-state index is 13.8. The number of aryl methyl sites for hydroxylation is 1. The highest BCUT2D eigenvalue weighted by molar-refractivity contribution is 5.95. The van der Waals surface area contributed by atoms with E-state index in [2.05, 4.69) is 10.3 Å². The number of carbonyl (C=O) groups is 2. The van der Waals surface area contributed by atoms with E-state index in [1.54, 1.807) is 33.5 Å². The molecule has 170 valence electrons. The van der Waals surface area contributed by atoms with Crippen molar-refractivity contribution in [2.45, 2.75) is 26.2 Å². The standard InChI is InChI=1S/C24H24FN5O3/c1-16-7-8-18(13-19(16)25)23(31)28-9-11-29(12-10-28)24(32)22-20-15-33-21(14-30(20)27-26-22)17-5-3-2-4-6-17/h2-8,13,21H,9-12,14-15H2,1H3/t21-/m0/s1. The van der Waals surface area contributed by atoms with Gasteiger partial charge in [-0.1, -0.05) is 41.6 Å². The number of hydrogen-bond acceptors (Lipinski definition) is 5. The van der Waals surface area contributed by atoms with Crippen molar-refractivity contribution >= 4 is 11.8 Å². The number of rotatable bonds is 3. The Morgan fingerprint density at radius 2 is 1.70 bits per heavy atom. The number of fused-ring (bicyclic) bond motifs is 1. The van der Waals surface area contributed by atoms with E-state index in [1.807, 2.05) is 30.3 Å². The molecule has 9 heteroatoms. The Balaban J connectivity index is 1.23. The summed E-state index contributed by atoms with van der Waals surface area (Å²) < 4.78 is 21.6. The minimum Gasteiger partial charge on any atom is -0.365 e. The van der Waals surface area contributed by atoms with Crippen LogP contribution in [0.25, 0.3) is 0 Å². The molecule has 1 atom stereocenters. The van der Waals surface area contributed by atoms with Gasteiger partial charge in [-0.3, -0.25) is 9.59 Å². The molecule has 3 aromatic rings. The van der Waals surface area contributed by atoms with Gasteiger partial charge in [-0.2, -0.15) is 0 Å². The number of hydrogen-bond donors (Lipinski definition) is 0. The predicted molar refractivity (Wildman–Crippen MR) is 117 cm³/mol. The number of amides is 2. The molecule has 1 fully saturated rings. The average Bonchev–Trinajstić information content (AvgIpc) is 3.29. The van der Waals surface area contributed by atoms with Crippen molar-refractivity contribution in [2.24, 2.45) is 0 Å². The fraction of sp³-hybridized carbons (Fsp3) is 0.333. The summed E-state index contributed by atoms with van der Waals surface area (Å²) in [5.41, 5.74) is 2.83. The topological polar surface area (TPSA) is 80.6 Å². The minimum atomic E-state index is -0.400. The summed E-state index contributed by atoms with van der Waals surface area (Å²) >= 11 is 0. The number of carbonyl (C=O) groups excluding carboxylic acids is 2. The molecule has 0 N–H and O–H groups in total. The van der Waals surface area contributed by atoms with Crippen molar-refractivity contribution in [1.29, 1.82) is 0 Å². The van der Waals surface area contributed by atoms with Crippen LogP contribution in [0.2, 0.25) is 0 Å². The van der Waals surface area contributed by atoms with Crippen LogP contribution in [0.5, 0.6) is 0 Å². The third-order valence-electron chi connectivity index (χ3n) is 6.24. The SMILES string of the molecule is Cc1ccc(C(=O)N2CCN(C(=O)c3nnn4c3CO[C@H](c3ccccc3)C4)CC2)cc1F. The molecule has 2 amide bonds. The third kappa shape index (κ3) is 4.11. The van der Waals surface area contributed by atoms with Crippen LogP contribution >= 0.6 is 0 Å². The van der Waals surface area contributed by atoms with E-state index in [0.29, 0.717) is 55.2 Å². The first-order chi connectivity index (χ1) is 16.0. The van der Waals surface area contributed by atoms with Gasteiger partial charge in [-0.25, -0.2) is 9.07 Å². The number of benzene rings is 2. The van der Waals surface area contributed by atoms with Crippen molar-refractivity contribution in [3.05, 3.63) is 82.4 Å². The van der Waals surface area contributed by atoms with E-state index in [1.165, 1.54) is 6.07 Å². The van der Waals surface area contributed by atoms with Gasteiger partial charge in [0.15, 0.2) is 5.69 Å². The molecule has 1 aromatic heterocycles. The maximum Gasteiger partial charge on any atom is 0.276 e. The van der Waals surface area contributed by atoms with Gasteiger partial charge in [-0.05, 0) is 30.2 Å². The van der Waals surface area contributed by atoms with Gasteiger partial charge in [0.05, 0.1) is 18.8 Å². The second-order valence-electron chi connectivity index (χ2n) is 8.33. The van der Waals surface area contributed by atoms with Crippen LogP contribution < -0.4 is 0 Å². The summed E-state index contributed by atoms with van der Waals surface area (Å²) in [5, 5.41) is 8.33. The van der Waals surface area contributed by atoms with Crippen LogP contribution in [0.1, 0.15) is 43.8 Å². The Morgan fingerprint density at radius 1 is 1.00 bits per heavy atom. The summed E-state index contributed by atoms with van der Waals surface area (Å²) in [5.74, 6) is -0.850. The highest BCUT2D eigenvalue weighted by Crippen LogP contribution is 2.27. The largest absolute Gasteiger partial charge is 0.365 e. The second kappa shape index (κ2) is 8.74. The summed E-state index contributed by atoms with van der Waals surface area (Å²) in [6, 6.07) is 14.4. The summed E-state index contributed by atoms with van der Waals surface area (Å²) in [4.78, 5) is 29.2. The molecule has 3 heterocycles. The molecule has 0 aliphatic carbocycles. The zero-order valence-corrected chi connectivity index (χ0v) is 18.3. The molecule has 0 saturated carbocycles. The number of aromatic nitrogens is 3. The van der Waals surface area contributed by atoms with Crippen molar-refractivity contribution < 1.29 is 18.7 Å². The minimum absolute atomic E-state index is 0.135. The lowest BCUT2D eigenvalue weighted by atomic mass is 10.1. The highest BCUT2D eigenvalue weighted by Gasteiger charge is 2.32. The van der Waals surface area contributed by atoms with Gasteiger partial charge in [-0.15, -0.1) is 5.10 Å². The smallest absolute Gasteiger partial charge is 0.276 e. The fourth-order valence-electron chi connectivity index (χ4n) is 4.22. The molecular formula is C24H24FN5O3. The van der Waals surface area contributed by atoms with Crippen molar-refractivity contribution in [3.8, 4) is 0 Å². The molecule has 0 spiro atoms. The number of nitrogens with zero attached hydrogens (tertiary/aromatic N) is 5. The maximum atomic E-state index is 13.8. The second-order valence-corrected chi connectivity index (χ2v) is 8.33. The van der Waals surface area contributed by atoms with Gasteiger partial charge in [0, 0.05) is 31.7 Å². The normalized spacial score (nSPS) is 18.2. The molecule has 0 radical (unpaired) electrons. The van der Waals surface area contributed by atoms with E-state index in [0.717, 1.165) is 5.56 Å². The zero-order valence-electron chi connectivity index (χ0n) is 18.3. The van der Waals surface area contributed by atoms with Crippen molar-refractivity contribution in [3.63, 3.8) is 0 Å². The average molecular weight is 449 g/mol. The Bertz CT molecular complexity index is 1190. The first kappa shape index (κ1) is 21.3. The zero-order chi connectivity index (χ0) is 22.9. The van der Waals surface area contributed by atoms with Gasteiger partial charge < -0.3 is 14.5 Å². The van der Waals surface area contributed by atoms with E-state index >= 15 is 0 Å².